The second kappa shape index (κ2) is 5.41. The van der Waals surface area contributed by atoms with Crippen LogP contribution in [0.2, 0.25) is 0 Å². The van der Waals surface area contributed by atoms with Crippen LogP contribution in [0, 0.1) is 0 Å². The molecule has 0 aliphatic carbocycles. The summed E-state index contributed by atoms with van der Waals surface area (Å²) >= 11 is 1.98. The molecule has 1 amide bonds. The minimum absolute atomic E-state index is 0.100. The Kier molecular flexibility index (Phi) is 4.68. The van der Waals surface area contributed by atoms with Gasteiger partial charge in [-0.25, -0.2) is 0 Å². The van der Waals surface area contributed by atoms with Gasteiger partial charge in [-0.05, 0) is 45.9 Å². The molecule has 4 heteroatoms. The summed E-state index contributed by atoms with van der Waals surface area (Å²) in [5.74, 6) is 1.33. The van der Waals surface area contributed by atoms with Crippen molar-refractivity contribution in [3.05, 3.63) is 0 Å². The molecule has 1 heterocycles. The Labute approximate surface area is 103 Å². The number of thioether (sulfide) groups is 1. The highest BCUT2D eigenvalue weighted by Gasteiger charge is 2.32. The molecule has 1 rings (SSSR count). The van der Waals surface area contributed by atoms with Gasteiger partial charge in [0.15, 0.2) is 0 Å². The number of hydrogen-bond acceptors (Lipinski definition) is 3. The van der Waals surface area contributed by atoms with Gasteiger partial charge in [0.05, 0.1) is 5.54 Å². The van der Waals surface area contributed by atoms with Crippen LogP contribution in [0.15, 0.2) is 0 Å². The average Bonchev–Trinajstić information content (AvgIpc) is 2.62. The molecule has 0 aromatic rings. The summed E-state index contributed by atoms with van der Waals surface area (Å²) in [6.45, 7) is 9.71. The van der Waals surface area contributed by atoms with Crippen molar-refractivity contribution < 1.29 is 4.79 Å². The van der Waals surface area contributed by atoms with E-state index in [1.165, 1.54) is 18.6 Å². The Hall–Kier alpha value is -0.220. The number of carbonyl (C=O) groups is 1. The average molecular weight is 244 g/mol. The third kappa shape index (κ3) is 3.67. The first-order valence-electron chi connectivity index (χ1n) is 6.07. The van der Waals surface area contributed by atoms with E-state index in [1.54, 1.807) is 0 Å². The summed E-state index contributed by atoms with van der Waals surface area (Å²) in [6.07, 6.45) is 2.48. The van der Waals surface area contributed by atoms with E-state index in [0.29, 0.717) is 0 Å². The molecular formula is C12H24N2OS. The van der Waals surface area contributed by atoms with Crippen LogP contribution in [0.1, 0.15) is 40.5 Å². The van der Waals surface area contributed by atoms with Crippen LogP contribution in [-0.2, 0) is 4.79 Å². The molecule has 3 nitrogen and oxygen atoms in total. The summed E-state index contributed by atoms with van der Waals surface area (Å²) in [6, 6.07) is 0. The second-order valence-corrected chi connectivity index (χ2v) is 6.92. The highest BCUT2D eigenvalue weighted by molar-refractivity contribution is 8.00. The molecule has 94 valence electrons. The van der Waals surface area contributed by atoms with E-state index in [2.05, 4.69) is 17.6 Å². The molecular weight excluding hydrogens is 220 g/mol. The predicted octanol–water partition coefficient (Wildman–Crippen LogP) is 1.78. The molecule has 1 aliphatic rings. The predicted molar refractivity (Wildman–Crippen MR) is 70.9 cm³/mol. The van der Waals surface area contributed by atoms with Crippen LogP contribution in [0.25, 0.3) is 0 Å². The quantitative estimate of drug-likeness (QED) is 0.774. The van der Waals surface area contributed by atoms with Crippen molar-refractivity contribution in [2.75, 3.05) is 18.8 Å². The van der Waals surface area contributed by atoms with Crippen LogP contribution >= 0.6 is 11.8 Å². The van der Waals surface area contributed by atoms with Gasteiger partial charge in [-0.2, -0.15) is 11.8 Å². The molecule has 0 radical (unpaired) electrons. The normalized spacial score (nSPS) is 25.8. The molecule has 16 heavy (non-hydrogen) atoms. The Morgan fingerprint density at radius 3 is 2.69 bits per heavy atom. The summed E-state index contributed by atoms with van der Waals surface area (Å²) in [5, 5.41) is 6.26. The van der Waals surface area contributed by atoms with Crippen molar-refractivity contribution in [2.45, 2.75) is 50.8 Å². The highest BCUT2D eigenvalue weighted by atomic mass is 32.2. The van der Waals surface area contributed by atoms with Gasteiger partial charge in [0, 0.05) is 11.3 Å². The maximum Gasteiger partial charge on any atom is 0.239 e. The lowest BCUT2D eigenvalue weighted by molar-refractivity contribution is -0.126. The van der Waals surface area contributed by atoms with Gasteiger partial charge in [-0.15, -0.1) is 0 Å². The van der Waals surface area contributed by atoms with Gasteiger partial charge >= 0.3 is 0 Å². The molecule has 0 saturated carbocycles. The number of carbonyl (C=O) groups excluding carboxylic acids is 1. The molecule has 0 spiro atoms. The van der Waals surface area contributed by atoms with Crippen molar-refractivity contribution in [1.29, 1.82) is 0 Å². The van der Waals surface area contributed by atoms with Crippen LogP contribution in [0.3, 0.4) is 0 Å². The van der Waals surface area contributed by atoms with Crippen molar-refractivity contribution in [3.8, 4) is 0 Å². The Morgan fingerprint density at radius 2 is 2.19 bits per heavy atom. The Bertz CT molecular complexity index is 247. The molecule has 0 aromatic heterocycles. The molecule has 2 N–H and O–H groups in total. The molecule has 1 unspecified atom stereocenters. The molecule has 1 aliphatic heterocycles. The van der Waals surface area contributed by atoms with E-state index in [1.807, 2.05) is 32.5 Å². The summed E-state index contributed by atoms with van der Waals surface area (Å²) in [5.41, 5.74) is -0.464. The number of amides is 1. The van der Waals surface area contributed by atoms with E-state index >= 15 is 0 Å². The van der Waals surface area contributed by atoms with Crippen LogP contribution in [0.4, 0.5) is 0 Å². The van der Waals surface area contributed by atoms with Gasteiger partial charge in [0.1, 0.15) is 0 Å². The van der Waals surface area contributed by atoms with Crippen molar-refractivity contribution >= 4 is 17.7 Å². The fourth-order valence-corrected chi connectivity index (χ4v) is 3.23. The fourth-order valence-electron chi connectivity index (χ4n) is 1.99. The van der Waals surface area contributed by atoms with E-state index in [0.717, 1.165) is 13.1 Å². The van der Waals surface area contributed by atoms with Gasteiger partial charge in [-0.3, -0.25) is 4.79 Å². The van der Waals surface area contributed by atoms with Gasteiger partial charge in [0.2, 0.25) is 5.91 Å². The summed E-state index contributed by atoms with van der Waals surface area (Å²) in [7, 11) is 0. The summed E-state index contributed by atoms with van der Waals surface area (Å²) < 4.78 is 0.248. The third-order valence-electron chi connectivity index (χ3n) is 3.11. The zero-order chi connectivity index (χ0) is 12.2. The van der Waals surface area contributed by atoms with Crippen LogP contribution in [-0.4, -0.2) is 35.0 Å². The van der Waals surface area contributed by atoms with E-state index in [4.69, 9.17) is 0 Å². The lowest BCUT2D eigenvalue weighted by Crippen LogP contribution is -2.54. The third-order valence-corrected chi connectivity index (χ3v) is 4.65. The molecule has 0 aromatic carbocycles. The SMILES string of the molecule is CCNC(C)(C)C(=O)NCC1(C)CCCS1. The van der Waals surface area contributed by atoms with Gasteiger partial charge in [-0.1, -0.05) is 6.92 Å². The van der Waals surface area contributed by atoms with Gasteiger partial charge in [0.25, 0.3) is 0 Å². The topological polar surface area (TPSA) is 41.1 Å². The first-order chi connectivity index (χ1) is 7.40. The number of nitrogens with one attached hydrogen (secondary N) is 2. The number of likely N-dealkylation sites (N-methyl/N-ethyl adjacent to an activating group) is 1. The monoisotopic (exact) mass is 244 g/mol. The summed E-state index contributed by atoms with van der Waals surface area (Å²) in [4.78, 5) is 12.0. The van der Waals surface area contributed by atoms with E-state index in [-0.39, 0.29) is 10.7 Å². The molecule has 1 atom stereocenters. The Balaban J connectivity index is 2.40. The first-order valence-corrected chi connectivity index (χ1v) is 7.05. The standard InChI is InChI=1S/C12H24N2OS/c1-5-14-11(2,3)10(15)13-9-12(4)7-6-8-16-12/h14H,5-9H2,1-4H3,(H,13,15). The Morgan fingerprint density at radius 1 is 1.50 bits per heavy atom. The minimum Gasteiger partial charge on any atom is -0.353 e. The molecule has 1 fully saturated rings. The maximum absolute atomic E-state index is 12.0. The van der Waals surface area contributed by atoms with Crippen LogP contribution in [0.5, 0.6) is 0 Å². The molecule has 1 saturated heterocycles. The van der Waals surface area contributed by atoms with Crippen LogP contribution < -0.4 is 10.6 Å². The first kappa shape index (κ1) is 13.8. The number of hydrogen-bond donors (Lipinski definition) is 2. The van der Waals surface area contributed by atoms with Crippen molar-refractivity contribution in [2.24, 2.45) is 0 Å². The zero-order valence-corrected chi connectivity index (χ0v) is 11.7. The smallest absolute Gasteiger partial charge is 0.239 e. The zero-order valence-electron chi connectivity index (χ0n) is 10.9. The van der Waals surface area contributed by atoms with Gasteiger partial charge < -0.3 is 10.6 Å². The molecule has 0 bridgehead atoms. The van der Waals surface area contributed by atoms with E-state index < -0.39 is 5.54 Å². The highest BCUT2D eigenvalue weighted by Crippen LogP contribution is 2.36. The largest absolute Gasteiger partial charge is 0.353 e. The maximum atomic E-state index is 12.0. The van der Waals surface area contributed by atoms with Crippen molar-refractivity contribution in [3.63, 3.8) is 0 Å². The lowest BCUT2D eigenvalue weighted by Gasteiger charge is -2.28. The lowest BCUT2D eigenvalue weighted by atomic mass is 10.0. The second-order valence-electron chi connectivity index (χ2n) is 5.24. The van der Waals surface area contributed by atoms with Crippen molar-refractivity contribution in [1.82, 2.24) is 10.6 Å². The number of rotatable bonds is 5. The fraction of sp³-hybridized carbons (Fsp3) is 0.917. The van der Waals surface area contributed by atoms with E-state index in [9.17, 15) is 4.79 Å². The minimum atomic E-state index is -0.464.